The molecule has 0 atom stereocenters. The predicted octanol–water partition coefficient (Wildman–Crippen LogP) is 3.95. The Labute approximate surface area is 108 Å². The lowest BCUT2D eigenvalue weighted by molar-refractivity contribution is 0.103. The highest BCUT2D eigenvalue weighted by atomic mass is 19.1. The molecule has 0 spiro atoms. The summed E-state index contributed by atoms with van der Waals surface area (Å²) in [6, 6.07) is 5.06. The number of hydrogen-bond donors (Lipinski definition) is 0. The standard InChI is InChI=1S/C15H11F3O/c1-8-3-11(16)4-9(2)14(8)15(19)10-5-12(17)7-13(18)6-10/h3-7H,1-2H3. The molecule has 0 unspecified atom stereocenters. The van der Waals surface area contributed by atoms with Crippen LogP contribution in [0.25, 0.3) is 0 Å². The summed E-state index contributed by atoms with van der Waals surface area (Å²) < 4.78 is 39.4. The molecule has 0 aliphatic heterocycles. The molecule has 0 radical (unpaired) electrons. The van der Waals surface area contributed by atoms with Gasteiger partial charge in [0.15, 0.2) is 5.78 Å². The molecule has 0 saturated heterocycles. The first-order valence-electron chi connectivity index (χ1n) is 5.66. The van der Waals surface area contributed by atoms with E-state index in [4.69, 9.17) is 0 Å². The summed E-state index contributed by atoms with van der Waals surface area (Å²) in [5, 5.41) is 0. The molecule has 0 heterocycles. The van der Waals surface area contributed by atoms with E-state index in [0.29, 0.717) is 17.2 Å². The molecule has 0 aliphatic rings. The molecular weight excluding hydrogens is 253 g/mol. The monoisotopic (exact) mass is 264 g/mol. The van der Waals surface area contributed by atoms with Crippen LogP contribution in [-0.4, -0.2) is 5.78 Å². The molecule has 2 aromatic rings. The Morgan fingerprint density at radius 1 is 0.789 bits per heavy atom. The van der Waals surface area contributed by atoms with Gasteiger partial charge in [0.25, 0.3) is 0 Å². The summed E-state index contributed by atoms with van der Waals surface area (Å²) >= 11 is 0. The second kappa shape index (κ2) is 4.88. The third-order valence-electron chi connectivity index (χ3n) is 2.85. The van der Waals surface area contributed by atoms with Crippen molar-refractivity contribution in [2.75, 3.05) is 0 Å². The minimum Gasteiger partial charge on any atom is -0.289 e. The lowest BCUT2D eigenvalue weighted by Gasteiger charge is -2.09. The van der Waals surface area contributed by atoms with E-state index in [-0.39, 0.29) is 11.1 Å². The van der Waals surface area contributed by atoms with Gasteiger partial charge in [-0.1, -0.05) is 0 Å². The van der Waals surface area contributed by atoms with Crippen LogP contribution >= 0.6 is 0 Å². The van der Waals surface area contributed by atoms with Crippen LogP contribution in [0.15, 0.2) is 30.3 Å². The van der Waals surface area contributed by atoms with Gasteiger partial charge in [-0.05, 0) is 49.2 Å². The lowest BCUT2D eigenvalue weighted by Crippen LogP contribution is -2.08. The normalized spacial score (nSPS) is 10.6. The molecule has 0 aliphatic carbocycles. The third-order valence-corrected chi connectivity index (χ3v) is 2.85. The minimum absolute atomic E-state index is 0.0877. The van der Waals surface area contributed by atoms with Crippen LogP contribution in [0.2, 0.25) is 0 Å². The van der Waals surface area contributed by atoms with Crippen molar-refractivity contribution < 1.29 is 18.0 Å². The highest BCUT2D eigenvalue weighted by Crippen LogP contribution is 2.21. The molecule has 0 aromatic heterocycles. The SMILES string of the molecule is Cc1cc(F)cc(C)c1C(=O)c1cc(F)cc(F)c1. The topological polar surface area (TPSA) is 17.1 Å². The van der Waals surface area contributed by atoms with Gasteiger partial charge in [-0.15, -0.1) is 0 Å². The molecule has 0 N–H and O–H groups in total. The fourth-order valence-electron chi connectivity index (χ4n) is 2.10. The van der Waals surface area contributed by atoms with Gasteiger partial charge < -0.3 is 0 Å². The molecule has 0 bridgehead atoms. The van der Waals surface area contributed by atoms with Crippen LogP contribution in [0.4, 0.5) is 13.2 Å². The van der Waals surface area contributed by atoms with Gasteiger partial charge in [-0.3, -0.25) is 4.79 Å². The highest BCUT2D eigenvalue weighted by molar-refractivity contribution is 6.10. The van der Waals surface area contributed by atoms with Gasteiger partial charge in [-0.2, -0.15) is 0 Å². The van der Waals surface area contributed by atoms with Crippen molar-refractivity contribution in [2.24, 2.45) is 0 Å². The number of carbonyl (C=O) groups is 1. The van der Waals surface area contributed by atoms with Crippen LogP contribution in [0.1, 0.15) is 27.0 Å². The Bertz CT molecular complexity index is 619. The first-order valence-corrected chi connectivity index (χ1v) is 5.66. The van der Waals surface area contributed by atoms with E-state index in [0.717, 1.165) is 12.1 Å². The van der Waals surface area contributed by atoms with Crippen LogP contribution in [0.3, 0.4) is 0 Å². The molecule has 1 nitrogen and oxygen atoms in total. The molecule has 2 aromatic carbocycles. The van der Waals surface area contributed by atoms with Gasteiger partial charge in [0.1, 0.15) is 17.5 Å². The lowest BCUT2D eigenvalue weighted by atomic mass is 9.94. The summed E-state index contributed by atoms with van der Waals surface area (Å²) in [5.41, 5.74) is 1.06. The number of ketones is 1. The molecule has 0 saturated carbocycles. The summed E-state index contributed by atoms with van der Waals surface area (Å²) in [7, 11) is 0. The van der Waals surface area contributed by atoms with Gasteiger partial charge in [0.2, 0.25) is 0 Å². The Hall–Kier alpha value is -2.10. The van der Waals surface area contributed by atoms with Gasteiger partial charge in [0, 0.05) is 17.2 Å². The van der Waals surface area contributed by atoms with Gasteiger partial charge in [-0.25, -0.2) is 13.2 Å². The Morgan fingerprint density at radius 3 is 1.68 bits per heavy atom. The van der Waals surface area contributed by atoms with Crippen molar-refractivity contribution in [2.45, 2.75) is 13.8 Å². The van der Waals surface area contributed by atoms with Crippen LogP contribution in [0, 0.1) is 31.3 Å². The van der Waals surface area contributed by atoms with Crippen LogP contribution in [-0.2, 0) is 0 Å². The number of aryl methyl sites for hydroxylation is 2. The van der Waals surface area contributed by atoms with E-state index in [1.54, 1.807) is 13.8 Å². The van der Waals surface area contributed by atoms with E-state index in [1.807, 2.05) is 0 Å². The maximum Gasteiger partial charge on any atom is 0.193 e. The number of benzene rings is 2. The average molecular weight is 264 g/mol. The Balaban J connectivity index is 2.56. The second-order valence-corrected chi connectivity index (χ2v) is 4.40. The van der Waals surface area contributed by atoms with E-state index in [2.05, 4.69) is 0 Å². The van der Waals surface area contributed by atoms with Crippen LogP contribution < -0.4 is 0 Å². The Morgan fingerprint density at radius 2 is 1.21 bits per heavy atom. The van der Waals surface area contributed by atoms with Crippen molar-refractivity contribution in [3.05, 3.63) is 70.0 Å². The average Bonchev–Trinajstić information content (AvgIpc) is 2.25. The smallest absolute Gasteiger partial charge is 0.193 e. The fourth-order valence-corrected chi connectivity index (χ4v) is 2.10. The molecular formula is C15H11F3O. The molecule has 4 heteroatoms. The molecule has 0 fully saturated rings. The Kier molecular flexibility index (Phi) is 3.42. The van der Waals surface area contributed by atoms with Crippen molar-refractivity contribution in [1.82, 2.24) is 0 Å². The van der Waals surface area contributed by atoms with E-state index in [9.17, 15) is 18.0 Å². The molecule has 19 heavy (non-hydrogen) atoms. The zero-order chi connectivity index (χ0) is 14.2. The predicted molar refractivity (Wildman–Crippen MR) is 65.7 cm³/mol. The van der Waals surface area contributed by atoms with Crippen LogP contribution in [0.5, 0.6) is 0 Å². The van der Waals surface area contributed by atoms with E-state index >= 15 is 0 Å². The van der Waals surface area contributed by atoms with Gasteiger partial charge in [0.05, 0.1) is 0 Å². The first kappa shape index (κ1) is 13.3. The van der Waals surface area contributed by atoms with E-state index < -0.39 is 23.2 Å². The zero-order valence-corrected chi connectivity index (χ0v) is 10.4. The van der Waals surface area contributed by atoms with Crippen molar-refractivity contribution >= 4 is 5.78 Å². The molecule has 98 valence electrons. The number of carbonyl (C=O) groups excluding carboxylic acids is 1. The molecule has 0 amide bonds. The maximum absolute atomic E-state index is 13.2. The summed E-state index contributed by atoms with van der Waals surface area (Å²) in [4.78, 5) is 12.2. The quantitative estimate of drug-likeness (QED) is 0.750. The number of hydrogen-bond acceptors (Lipinski definition) is 1. The zero-order valence-electron chi connectivity index (χ0n) is 10.4. The number of halogens is 3. The fraction of sp³-hybridized carbons (Fsp3) is 0.133. The van der Waals surface area contributed by atoms with Gasteiger partial charge >= 0.3 is 0 Å². The second-order valence-electron chi connectivity index (χ2n) is 4.40. The number of rotatable bonds is 2. The summed E-state index contributed by atoms with van der Waals surface area (Å²) in [6.45, 7) is 3.16. The van der Waals surface area contributed by atoms with Crippen molar-refractivity contribution in [3.63, 3.8) is 0 Å². The third kappa shape index (κ3) is 2.67. The van der Waals surface area contributed by atoms with Crippen molar-refractivity contribution in [1.29, 1.82) is 0 Å². The highest BCUT2D eigenvalue weighted by Gasteiger charge is 2.17. The minimum atomic E-state index is -0.819. The molecule has 2 rings (SSSR count). The summed E-state index contributed by atoms with van der Waals surface area (Å²) in [6.07, 6.45) is 0. The van der Waals surface area contributed by atoms with E-state index in [1.165, 1.54) is 12.1 Å². The first-order chi connectivity index (χ1) is 8.88. The largest absolute Gasteiger partial charge is 0.289 e. The summed E-state index contributed by atoms with van der Waals surface area (Å²) in [5.74, 6) is -2.60. The van der Waals surface area contributed by atoms with Crippen molar-refractivity contribution in [3.8, 4) is 0 Å². The maximum atomic E-state index is 13.2.